The van der Waals surface area contributed by atoms with E-state index in [0.717, 1.165) is 5.76 Å². The summed E-state index contributed by atoms with van der Waals surface area (Å²) < 4.78 is 5.24. The number of hydrogen-bond acceptors (Lipinski definition) is 4. The molecule has 0 saturated heterocycles. The highest BCUT2D eigenvalue weighted by molar-refractivity contribution is 5.88. The van der Waals surface area contributed by atoms with E-state index < -0.39 is 5.97 Å². The van der Waals surface area contributed by atoms with Gasteiger partial charge in [-0.1, -0.05) is 0 Å². The average Bonchev–Trinajstić information content (AvgIpc) is 2.82. The number of pyridine rings is 1. The SMILES string of the molecule is CN(Cc1ccco1)Cc1ncccc1C(=O)O. The smallest absolute Gasteiger partial charge is 0.337 e. The minimum Gasteiger partial charge on any atom is -0.478 e. The molecular formula is C13H14N2O3. The summed E-state index contributed by atoms with van der Waals surface area (Å²) in [6.45, 7) is 1.08. The molecule has 5 nitrogen and oxygen atoms in total. The van der Waals surface area contributed by atoms with Crippen molar-refractivity contribution in [2.75, 3.05) is 7.05 Å². The molecule has 0 bridgehead atoms. The molecule has 0 atom stereocenters. The van der Waals surface area contributed by atoms with Crippen molar-refractivity contribution >= 4 is 5.97 Å². The largest absolute Gasteiger partial charge is 0.478 e. The van der Waals surface area contributed by atoms with Crippen molar-refractivity contribution < 1.29 is 14.3 Å². The highest BCUT2D eigenvalue weighted by Gasteiger charge is 2.12. The van der Waals surface area contributed by atoms with Gasteiger partial charge in [0.05, 0.1) is 24.1 Å². The van der Waals surface area contributed by atoms with Crippen LogP contribution < -0.4 is 0 Å². The van der Waals surface area contributed by atoms with Gasteiger partial charge in [-0.25, -0.2) is 4.79 Å². The summed E-state index contributed by atoms with van der Waals surface area (Å²) in [5, 5.41) is 9.06. The third kappa shape index (κ3) is 2.95. The third-order valence-corrected chi connectivity index (χ3v) is 2.55. The van der Waals surface area contributed by atoms with E-state index in [1.807, 2.05) is 24.1 Å². The Labute approximate surface area is 105 Å². The molecule has 0 unspecified atom stereocenters. The fourth-order valence-electron chi connectivity index (χ4n) is 1.74. The lowest BCUT2D eigenvalue weighted by Gasteiger charge is -2.15. The van der Waals surface area contributed by atoms with Crippen molar-refractivity contribution in [3.05, 3.63) is 53.7 Å². The summed E-state index contributed by atoms with van der Waals surface area (Å²) in [5.74, 6) is -0.116. The molecule has 0 spiro atoms. The summed E-state index contributed by atoms with van der Waals surface area (Å²) in [7, 11) is 1.89. The van der Waals surface area contributed by atoms with E-state index in [1.165, 1.54) is 0 Å². The van der Waals surface area contributed by atoms with Crippen LogP contribution in [0.5, 0.6) is 0 Å². The first-order valence-electron chi connectivity index (χ1n) is 5.55. The van der Waals surface area contributed by atoms with Crippen LogP contribution in [-0.4, -0.2) is 28.0 Å². The molecule has 2 rings (SSSR count). The molecule has 18 heavy (non-hydrogen) atoms. The van der Waals surface area contributed by atoms with Crippen LogP contribution in [0.2, 0.25) is 0 Å². The second kappa shape index (κ2) is 5.46. The Kier molecular flexibility index (Phi) is 3.74. The van der Waals surface area contributed by atoms with Gasteiger partial charge in [-0.2, -0.15) is 0 Å². The van der Waals surface area contributed by atoms with Gasteiger partial charge >= 0.3 is 5.97 Å². The number of aromatic carboxylic acids is 1. The molecule has 2 aromatic heterocycles. The molecule has 94 valence electrons. The number of furan rings is 1. The summed E-state index contributed by atoms with van der Waals surface area (Å²) in [5.41, 5.74) is 0.794. The summed E-state index contributed by atoms with van der Waals surface area (Å²) in [6, 6.07) is 6.89. The second-order valence-electron chi connectivity index (χ2n) is 4.05. The van der Waals surface area contributed by atoms with Gasteiger partial charge in [0.15, 0.2) is 0 Å². The first-order chi connectivity index (χ1) is 8.66. The van der Waals surface area contributed by atoms with Crippen LogP contribution in [0.25, 0.3) is 0 Å². The van der Waals surface area contributed by atoms with Crippen LogP contribution in [0, 0.1) is 0 Å². The molecule has 0 fully saturated rings. The van der Waals surface area contributed by atoms with Gasteiger partial charge in [0.25, 0.3) is 0 Å². The summed E-state index contributed by atoms with van der Waals surface area (Å²) in [6.07, 6.45) is 3.22. The van der Waals surface area contributed by atoms with Crippen molar-refractivity contribution in [2.24, 2.45) is 0 Å². The van der Waals surface area contributed by atoms with Crippen molar-refractivity contribution in [1.29, 1.82) is 0 Å². The van der Waals surface area contributed by atoms with E-state index >= 15 is 0 Å². The minimum atomic E-state index is -0.954. The maximum atomic E-state index is 11.0. The predicted molar refractivity (Wildman–Crippen MR) is 65.1 cm³/mol. The molecule has 0 aliphatic heterocycles. The first-order valence-corrected chi connectivity index (χ1v) is 5.55. The highest BCUT2D eigenvalue weighted by atomic mass is 16.4. The number of rotatable bonds is 5. The van der Waals surface area contributed by atoms with E-state index in [0.29, 0.717) is 18.8 Å². The fourth-order valence-corrected chi connectivity index (χ4v) is 1.74. The molecule has 1 N–H and O–H groups in total. The van der Waals surface area contributed by atoms with Crippen LogP contribution >= 0.6 is 0 Å². The lowest BCUT2D eigenvalue weighted by Crippen LogP contribution is -2.19. The Morgan fingerprint density at radius 2 is 2.22 bits per heavy atom. The lowest BCUT2D eigenvalue weighted by atomic mass is 10.2. The van der Waals surface area contributed by atoms with E-state index in [-0.39, 0.29) is 5.56 Å². The van der Waals surface area contributed by atoms with Gasteiger partial charge < -0.3 is 9.52 Å². The monoisotopic (exact) mass is 246 g/mol. The Balaban J connectivity index is 2.07. The van der Waals surface area contributed by atoms with Crippen LogP contribution in [0.3, 0.4) is 0 Å². The van der Waals surface area contributed by atoms with Crippen LogP contribution in [0.1, 0.15) is 21.8 Å². The normalized spacial score (nSPS) is 10.8. The van der Waals surface area contributed by atoms with Crippen molar-refractivity contribution in [3.8, 4) is 0 Å². The van der Waals surface area contributed by atoms with E-state index in [2.05, 4.69) is 4.98 Å². The van der Waals surface area contributed by atoms with Gasteiger partial charge in [-0.3, -0.25) is 9.88 Å². The highest BCUT2D eigenvalue weighted by Crippen LogP contribution is 2.10. The first kappa shape index (κ1) is 12.3. The molecule has 0 aliphatic carbocycles. The molecular weight excluding hydrogens is 232 g/mol. The average molecular weight is 246 g/mol. The maximum Gasteiger partial charge on any atom is 0.337 e. The van der Waals surface area contributed by atoms with Crippen LogP contribution in [0.4, 0.5) is 0 Å². The number of hydrogen-bond donors (Lipinski definition) is 1. The van der Waals surface area contributed by atoms with Crippen LogP contribution in [-0.2, 0) is 13.1 Å². The van der Waals surface area contributed by atoms with Crippen LogP contribution in [0.15, 0.2) is 41.1 Å². The lowest BCUT2D eigenvalue weighted by molar-refractivity contribution is 0.0694. The van der Waals surface area contributed by atoms with Gasteiger partial charge in [0.2, 0.25) is 0 Å². The zero-order valence-electron chi connectivity index (χ0n) is 10.0. The number of carbonyl (C=O) groups is 1. The molecule has 5 heteroatoms. The molecule has 2 heterocycles. The second-order valence-corrected chi connectivity index (χ2v) is 4.05. The summed E-state index contributed by atoms with van der Waals surface area (Å²) >= 11 is 0. The molecule has 0 amide bonds. The minimum absolute atomic E-state index is 0.240. The number of carboxylic acid groups (broad SMARTS) is 1. The number of aromatic nitrogens is 1. The zero-order chi connectivity index (χ0) is 13.0. The predicted octanol–water partition coefficient (Wildman–Crippen LogP) is 2.00. The van der Waals surface area contributed by atoms with Gasteiger partial charge in [0.1, 0.15) is 5.76 Å². The fraction of sp³-hybridized carbons (Fsp3) is 0.231. The summed E-state index contributed by atoms with van der Waals surface area (Å²) in [4.78, 5) is 17.1. The topological polar surface area (TPSA) is 66.6 Å². The van der Waals surface area contributed by atoms with Crippen molar-refractivity contribution in [3.63, 3.8) is 0 Å². The Morgan fingerprint density at radius 1 is 1.39 bits per heavy atom. The van der Waals surface area contributed by atoms with Gasteiger partial charge in [-0.05, 0) is 31.3 Å². The molecule has 2 aromatic rings. The maximum absolute atomic E-state index is 11.0. The van der Waals surface area contributed by atoms with Gasteiger partial charge in [0, 0.05) is 12.7 Å². The molecule has 0 aromatic carbocycles. The van der Waals surface area contributed by atoms with Crippen molar-refractivity contribution in [1.82, 2.24) is 9.88 Å². The standard InChI is InChI=1S/C13H14N2O3/c1-15(8-10-4-3-7-18-10)9-12-11(13(16)17)5-2-6-14-12/h2-7H,8-9H2,1H3,(H,16,17). The molecule has 0 saturated carbocycles. The number of carboxylic acids is 1. The Bertz CT molecular complexity index is 523. The van der Waals surface area contributed by atoms with E-state index in [9.17, 15) is 4.79 Å². The van der Waals surface area contributed by atoms with E-state index in [1.54, 1.807) is 24.6 Å². The molecule has 0 radical (unpaired) electrons. The van der Waals surface area contributed by atoms with Crippen molar-refractivity contribution in [2.45, 2.75) is 13.1 Å². The Hall–Kier alpha value is -2.14. The third-order valence-electron chi connectivity index (χ3n) is 2.55. The molecule has 0 aliphatic rings. The zero-order valence-corrected chi connectivity index (χ0v) is 10.0. The Morgan fingerprint density at radius 3 is 2.89 bits per heavy atom. The quantitative estimate of drug-likeness (QED) is 0.874. The number of nitrogens with zero attached hydrogens (tertiary/aromatic N) is 2. The van der Waals surface area contributed by atoms with Gasteiger partial charge in [-0.15, -0.1) is 0 Å². The van der Waals surface area contributed by atoms with E-state index in [4.69, 9.17) is 9.52 Å².